The largest absolute Gasteiger partial charge is 0.375 e. The molecule has 1 heterocycles. The number of hydrazone groups is 1. The molecule has 0 spiro atoms. The Morgan fingerprint density at radius 1 is 1.44 bits per heavy atom. The third kappa shape index (κ3) is 2.42. The summed E-state index contributed by atoms with van der Waals surface area (Å²) in [5.41, 5.74) is 8.97. The van der Waals surface area contributed by atoms with Gasteiger partial charge in [0.2, 0.25) is 0 Å². The number of thiocarbonyl (C=S) groups is 1. The Balaban J connectivity index is 2.50. The molecule has 0 saturated carbocycles. The summed E-state index contributed by atoms with van der Waals surface area (Å²) in [7, 11) is 0. The highest BCUT2D eigenvalue weighted by molar-refractivity contribution is 7.80. The highest BCUT2D eigenvalue weighted by Gasteiger charge is 2.03. The van der Waals surface area contributed by atoms with Gasteiger partial charge in [-0.15, -0.1) is 0 Å². The van der Waals surface area contributed by atoms with Gasteiger partial charge in [0.1, 0.15) is 0 Å². The maximum Gasteiger partial charge on any atom is 0.184 e. The second kappa shape index (κ2) is 5.21. The summed E-state index contributed by atoms with van der Waals surface area (Å²) < 4.78 is 0. The SMILES string of the molecule is N#Cc1cccc2c(/C=N/NC(N)=S)nccc12. The molecule has 1 aromatic carbocycles. The van der Waals surface area contributed by atoms with Crippen molar-refractivity contribution in [3.63, 3.8) is 0 Å². The molecule has 0 unspecified atom stereocenters. The fourth-order valence-electron chi connectivity index (χ4n) is 1.59. The van der Waals surface area contributed by atoms with E-state index in [1.165, 1.54) is 6.21 Å². The van der Waals surface area contributed by atoms with Crippen LogP contribution in [0.3, 0.4) is 0 Å². The van der Waals surface area contributed by atoms with E-state index in [4.69, 9.17) is 11.0 Å². The topological polar surface area (TPSA) is 87.1 Å². The molecule has 88 valence electrons. The van der Waals surface area contributed by atoms with Gasteiger partial charge in [-0.2, -0.15) is 10.4 Å². The summed E-state index contributed by atoms with van der Waals surface area (Å²) >= 11 is 4.64. The lowest BCUT2D eigenvalue weighted by Crippen LogP contribution is -2.24. The van der Waals surface area contributed by atoms with E-state index in [-0.39, 0.29) is 5.11 Å². The van der Waals surface area contributed by atoms with Gasteiger partial charge in [-0.05, 0) is 24.4 Å². The Morgan fingerprint density at radius 2 is 2.28 bits per heavy atom. The molecule has 6 heteroatoms. The van der Waals surface area contributed by atoms with Gasteiger partial charge in [-0.25, -0.2) is 0 Å². The van der Waals surface area contributed by atoms with E-state index in [0.29, 0.717) is 11.3 Å². The fraction of sp³-hybridized carbons (Fsp3) is 0. The first-order valence-corrected chi connectivity index (χ1v) is 5.49. The Morgan fingerprint density at radius 3 is 3.00 bits per heavy atom. The van der Waals surface area contributed by atoms with Crippen molar-refractivity contribution >= 4 is 34.3 Å². The molecule has 18 heavy (non-hydrogen) atoms. The number of aromatic nitrogens is 1. The lowest BCUT2D eigenvalue weighted by atomic mass is 10.1. The summed E-state index contributed by atoms with van der Waals surface area (Å²) in [6.45, 7) is 0. The van der Waals surface area contributed by atoms with E-state index in [1.807, 2.05) is 6.07 Å². The van der Waals surface area contributed by atoms with Crippen molar-refractivity contribution in [2.75, 3.05) is 0 Å². The van der Waals surface area contributed by atoms with Crippen LogP contribution in [-0.2, 0) is 0 Å². The highest BCUT2D eigenvalue weighted by atomic mass is 32.1. The molecule has 0 saturated heterocycles. The van der Waals surface area contributed by atoms with E-state index < -0.39 is 0 Å². The van der Waals surface area contributed by atoms with Crippen LogP contribution in [0.5, 0.6) is 0 Å². The van der Waals surface area contributed by atoms with Crippen LogP contribution in [0.2, 0.25) is 0 Å². The predicted octanol–water partition coefficient (Wildman–Crippen LogP) is 1.27. The molecule has 0 bridgehead atoms. The number of nitriles is 1. The van der Waals surface area contributed by atoms with E-state index in [0.717, 1.165) is 10.8 Å². The number of benzene rings is 1. The average molecular weight is 255 g/mol. The van der Waals surface area contributed by atoms with E-state index in [1.54, 1.807) is 24.4 Å². The minimum atomic E-state index is 0.0872. The van der Waals surface area contributed by atoms with Crippen molar-refractivity contribution in [2.24, 2.45) is 10.8 Å². The van der Waals surface area contributed by atoms with Crippen LogP contribution in [0, 0.1) is 11.3 Å². The molecule has 1 aromatic heterocycles. The maximum absolute atomic E-state index is 9.03. The van der Waals surface area contributed by atoms with E-state index in [2.05, 4.69) is 33.8 Å². The fourth-order valence-corrected chi connectivity index (χ4v) is 1.64. The van der Waals surface area contributed by atoms with Gasteiger partial charge in [0, 0.05) is 17.0 Å². The quantitative estimate of drug-likeness (QED) is 0.479. The van der Waals surface area contributed by atoms with Crippen molar-refractivity contribution in [1.82, 2.24) is 10.4 Å². The molecule has 3 N–H and O–H groups in total. The van der Waals surface area contributed by atoms with Crippen molar-refractivity contribution in [1.29, 1.82) is 5.26 Å². The van der Waals surface area contributed by atoms with Gasteiger partial charge in [0.15, 0.2) is 5.11 Å². The minimum absolute atomic E-state index is 0.0872. The smallest absolute Gasteiger partial charge is 0.184 e. The Bertz CT molecular complexity index is 672. The Kier molecular flexibility index (Phi) is 3.46. The van der Waals surface area contributed by atoms with Gasteiger partial charge in [0.05, 0.1) is 23.5 Å². The molecule has 0 atom stereocenters. The summed E-state index contributed by atoms with van der Waals surface area (Å²) in [5, 5.41) is 14.7. The standard InChI is InChI=1S/C12H9N5S/c13-6-8-2-1-3-10-9(8)4-5-15-11(10)7-16-17-12(14)18/h1-5,7H,(H3,14,17,18)/b16-7+. The van der Waals surface area contributed by atoms with Crippen molar-refractivity contribution < 1.29 is 0 Å². The van der Waals surface area contributed by atoms with Gasteiger partial charge >= 0.3 is 0 Å². The Hall–Kier alpha value is -2.52. The van der Waals surface area contributed by atoms with Crippen LogP contribution < -0.4 is 11.2 Å². The number of hydrogen-bond acceptors (Lipinski definition) is 4. The zero-order valence-electron chi connectivity index (χ0n) is 9.29. The van der Waals surface area contributed by atoms with Crippen molar-refractivity contribution in [3.05, 3.63) is 41.7 Å². The minimum Gasteiger partial charge on any atom is -0.375 e. The van der Waals surface area contributed by atoms with Gasteiger partial charge < -0.3 is 5.73 Å². The molecule has 2 aromatic rings. The van der Waals surface area contributed by atoms with Crippen LogP contribution >= 0.6 is 12.2 Å². The van der Waals surface area contributed by atoms with Crippen LogP contribution in [0.15, 0.2) is 35.6 Å². The number of rotatable bonds is 2. The van der Waals surface area contributed by atoms with Gasteiger partial charge in [-0.1, -0.05) is 12.1 Å². The zero-order valence-corrected chi connectivity index (χ0v) is 10.1. The molecule has 0 aliphatic carbocycles. The normalized spacial score (nSPS) is 10.4. The molecule has 0 aliphatic heterocycles. The van der Waals surface area contributed by atoms with Gasteiger partial charge in [0.25, 0.3) is 0 Å². The number of pyridine rings is 1. The Labute approximate surface area is 109 Å². The second-order valence-corrected chi connectivity index (χ2v) is 3.88. The van der Waals surface area contributed by atoms with Crippen molar-refractivity contribution in [2.45, 2.75) is 0 Å². The van der Waals surface area contributed by atoms with Crippen LogP contribution in [0.1, 0.15) is 11.3 Å². The molecule has 0 aliphatic rings. The summed E-state index contributed by atoms with van der Waals surface area (Å²) in [6, 6.07) is 9.39. The maximum atomic E-state index is 9.03. The third-order valence-electron chi connectivity index (χ3n) is 2.32. The average Bonchev–Trinajstić information content (AvgIpc) is 2.38. The highest BCUT2D eigenvalue weighted by Crippen LogP contribution is 2.19. The molecular formula is C12H9N5S. The third-order valence-corrected chi connectivity index (χ3v) is 2.41. The molecular weight excluding hydrogens is 246 g/mol. The van der Waals surface area contributed by atoms with E-state index in [9.17, 15) is 0 Å². The number of nitrogens with one attached hydrogen (secondary N) is 1. The first-order chi connectivity index (χ1) is 8.72. The van der Waals surface area contributed by atoms with Crippen molar-refractivity contribution in [3.8, 4) is 6.07 Å². The number of hydrogen-bond donors (Lipinski definition) is 2. The monoisotopic (exact) mass is 255 g/mol. The first kappa shape index (κ1) is 12.0. The number of fused-ring (bicyclic) bond motifs is 1. The zero-order chi connectivity index (χ0) is 13.0. The molecule has 2 rings (SSSR count). The van der Waals surface area contributed by atoms with Crippen LogP contribution in [0.25, 0.3) is 10.8 Å². The molecule has 0 fully saturated rings. The second-order valence-electron chi connectivity index (χ2n) is 3.44. The summed E-state index contributed by atoms with van der Waals surface area (Å²) in [6.07, 6.45) is 3.15. The summed E-state index contributed by atoms with van der Waals surface area (Å²) in [4.78, 5) is 4.20. The van der Waals surface area contributed by atoms with E-state index >= 15 is 0 Å². The lowest BCUT2D eigenvalue weighted by molar-refractivity contribution is 1.04. The first-order valence-electron chi connectivity index (χ1n) is 5.08. The molecule has 0 radical (unpaired) electrons. The lowest BCUT2D eigenvalue weighted by Gasteiger charge is -2.02. The van der Waals surface area contributed by atoms with Gasteiger partial charge in [-0.3, -0.25) is 10.4 Å². The van der Waals surface area contributed by atoms with Crippen LogP contribution in [-0.4, -0.2) is 16.3 Å². The molecule has 5 nitrogen and oxygen atoms in total. The number of nitrogens with zero attached hydrogens (tertiary/aromatic N) is 3. The molecule has 0 amide bonds. The predicted molar refractivity (Wildman–Crippen MR) is 74.0 cm³/mol. The summed E-state index contributed by atoms with van der Waals surface area (Å²) in [5.74, 6) is 0. The van der Waals surface area contributed by atoms with Crippen LogP contribution in [0.4, 0.5) is 0 Å². The number of nitrogens with two attached hydrogens (primary N) is 1.